The van der Waals surface area contributed by atoms with E-state index in [9.17, 15) is 13.2 Å². The zero-order chi connectivity index (χ0) is 17.7. The standard InChI is InChI=1S/C16H21N3O3S2/c1-4-11(2)13-5-7-15(8-6-13)24(21,22)19-18-16(20)9-14-10-23-12(3)17-14/h5-8,10-11,19H,4,9H2,1-3H3,(H,18,20)/t11-/m0/s1. The fraction of sp³-hybridized carbons (Fsp3) is 0.375. The number of aryl methyl sites for hydroxylation is 1. The first kappa shape index (κ1) is 18.6. The Labute approximate surface area is 146 Å². The van der Waals surface area contributed by atoms with Crippen molar-refractivity contribution in [2.45, 2.75) is 44.4 Å². The van der Waals surface area contributed by atoms with Gasteiger partial charge in [0.2, 0.25) is 5.91 Å². The number of nitrogens with zero attached hydrogens (tertiary/aromatic N) is 1. The van der Waals surface area contributed by atoms with Gasteiger partial charge in [0, 0.05) is 5.38 Å². The van der Waals surface area contributed by atoms with Gasteiger partial charge in [-0.2, -0.15) is 0 Å². The van der Waals surface area contributed by atoms with E-state index in [1.165, 1.54) is 11.3 Å². The second kappa shape index (κ2) is 7.87. The average Bonchev–Trinajstić information content (AvgIpc) is 2.97. The zero-order valence-corrected chi connectivity index (χ0v) is 15.5. The summed E-state index contributed by atoms with van der Waals surface area (Å²) < 4.78 is 24.4. The molecule has 8 heteroatoms. The number of thiazole rings is 1. The molecule has 1 atom stereocenters. The summed E-state index contributed by atoms with van der Waals surface area (Å²) in [5.74, 6) is -0.0870. The molecule has 24 heavy (non-hydrogen) atoms. The topological polar surface area (TPSA) is 88.2 Å². The lowest BCUT2D eigenvalue weighted by molar-refractivity contribution is -0.120. The van der Waals surface area contributed by atoms with Crippen LogP contribution in [0.5, 0.6) is 0 Å². The molecule has 1 heterocycles. The SMILES string of the molecule is CC[C@H](C)c1ccc(S(=O)(=O)NNC(=O)Cc2csc(C)n2)cc1. The molecule has 0 radical (unpaired) electrons. The number of hydrogen-bond donors (Lipinski definition) is 2. The molecule has 2 rings (SSSR count). The summed E-state index contributed by atoms with van der Waals surface area (Å²) in [5.41, 5.74) is 3.92. The molecule has 0 aliphatic carbocycles. The van der Waals surface area contributed by atoms with Gasteiger partial charge in [0.1, 0.15) is 0 Å². The third kappa shape index (κ3) is 4.86. The van der Waals surface area contributed by atoms with E-state index in [1.807, 2.05) is 6.92 Å². The highest BCUT2D eigenvalue weighted by Crippen LogP contribution is 2.20. The summed E-state index contributed by atoms with van der Waals surface area (Å²) in [6.07, 6.45) is 1.01. The van der Waals surface area contributed by atoms with Crippen molar-refractivity contribution in [1.29, 1.82) is 0 Å². The molecule has 6 nitrogen and oxygen atoms in total. The number of carbonyl (C=O) groups excluding carboxylic acids is 1. The molecule has 2 aromatic rings. The highest BCUT2D eigenvalue weighted by atomic mass is 32.2. The van der Waals surface area contributed by atoms with E-state index in [4.69, 9.17) is 0 Å². The number of hydrazine groups is 1. The first-order valence-electron chi connectivity index (χ1n) is 7.63. The smallest absolute Gasteiger partial charge is 0.257 e. The van der Waals surface area contributed by atoms with Crippen LogP contribution in [0.4, 0.5) is 0 Å². The van der Waals surface area contributed by atoms with E-state index in [0.717, 1.165) is 17.0 Å². The molecule has 0 unspecified atom stereocenters. The van der Waals surface area contributed by atoms with Crippen LogP contribution in [0, 0.1) is 6.92 Å². The quantitative estimate of drug-likeness (QED) is 0.736. The Kier molecular flexibility index (Phi) is 6.09. The molecular formula is C16H21N3O3S2. The molecular weight excluding hydrogens is 346 g/mol. The molecule has 0 aliphatic rings. The summed E-state index contributed by atoms with van der Waals surface area (Å²) >= 11 is 1.44. The lowest BCUT2D eigenvalue weighted by atomic mass is 9.99. The number of amides is 1. The van der Waals surface area contributed by atoms with Crippen molar-refractivity contribution < 1.29 is 13.2 Å². The van der Waals surface area contributed by atoms with Crippen molar-refractivity contribution in [1.82, 2.24) is 15.2 Å². The normalized spacial score (nSPS) is 12.8. The van der Waals surface area contributed by atoms with E-state index in [2.05, 4.69) is 29.1 Å². The number of nitrogens with one attached hydrogen (secondary N) is 2. The minimum Gasteiger partial charge on any atom is -0.277 e. The van der Waals surface area contributed by atoms with Gasteiger partial charge in [0.25, 0.3) is 10.0 Å². The number of hydrogen-bond acceptors (Lipinski definition) is 5. The first-order chi connectivity index (χ1) is 11.3. The largest absolute Gasteiger partial charge is 0.277 e. The van der Waals surface area contributed by atoms with Crippen molar-refractivity contribution in [3.63, 3.8) is 0 Å². The fourth-order valence-electron chi connectivity index (χ4n) is 2.09. The third-order valence-electron chi connectivity index (χ3n) is 3.70. The van der Waals surface area contributed by atoms with Crippen molar-refractivity contribution in [3.8, 4) is 0 Å². The number of rotatable bonds is 7. The summed E-state index contributed by atoms with van der Waals surface area (Å²) in [6, 6.07) is 6.67. The lowest BCUT2D eigenvalue weighted by Crippen LogP contribution is -2.42. The molecule has 2 N–H and O–H groups in total. The monoisotopic (exact) mass is 367 g/mol. The van der Waals surface area contributed by atoms with Crippen molar-refractivity contribution in [3.05, 3.63) is 45.9 Å². The van der Waals surface area contributed by atoms with Gasteiger partial charge in [-0.25, -0.2) is 13.4 Å². The molecule has 0 saturated carbocycles. The van der Waals surface area contributed by atoms with Crippen molar-refractivity contribution >= 4 is 27.3 Å². The van der Waals surface area contributed by atoms with E-state index in [-0.39, 0.29) is 11.3 Å². The second-order valence-corrected chi connectivity index (χ2v) is 8.31. The number of sulfonamides is 1. The molecule has 0 aliphatic heterocycles. The molecule has 0 spiro atoms. The molecule has 0 bridgehead atoms. The van der Waals surface area contributed by atoms with Crippen LogP contribution in [-0.4, -0.2) is 19.3 Å². The predicted octanol–water partition coefficient (Wildman–Crippen LogP) is 2.52. The number of carbonyl (C=O) groups is 1. The van der Waals surface area contributed by atoms with Crippen molar-refractivity contribution in [2.24, 2.45) is 0 Å². The Morgan fingerprint density at radius 3 is 2.50 bits per heavy atom. The second-order valence-electron chi connectivity index (χ2n) is 5.57. The minimum atomic E-state index is -3.79. The summed E-state index contributed by atoms with van der Waals surface area (Å²) in [4.78, 5) is 18.2. The Balaban J connectivity index is 1.96. The predicted molar refractivity (Wildman–Crippen MR) is 94.2 cm³/mol. The van der Waals surface area contributed by atoms with E-state index >= 15 is 0 Å². The highest BCUT2D eigenvalue weighted by Gasteiger charge is 2.16. The summed E-state index contributed by atoms with van der Waals surface area (Å²) in [7, 11) is -3.79. The molecule has 1 aromatic carbocycles. The molecule has 0 fully saturated rings. The van der Waals surface area contributed by atoms with E-state index < -0.39 is 15.9 Å². The van der Waals surface area contributed by atoms with Gasteiger partial charge < -0.3 is 0 Å². The zero-order valence-electron chi connectivity index (χ0n) is 13.9. The Hall–Kier alpha value is -1.77. The van der Waals surface area contributed by atoms with Gasteiger partial charge in [-0.05, 0) is 37.0 Å². The fourth-order valence-corrected chi connectivity index (χ4v) is 3.57. The van der Waals surface area contributed by atoms with E-state index in [1.54, 1.807) is 29.6 Å². The number of benzene rings is 1. The minimum absolute atomic E-state index is 0.0276. The average molecular weight is 367 g/mol. The Bertz CT molecular complexity index is 798. The maximum atomic E-state index is 12.2. The first-order valence-corrected chi connectivity index (χ1v) is 9.99. The Morgan fingerprint density at radius 2 is 1.96 bits per heavy atom. The lowest BCUT2D eigenvalue weighted by Gasteiger charge is -2.11. The maximum Gasteiger partial charge on any atom is 0.257 e. The molecule has 0 saturated heterocycles. The van der Waals surface area contributed by atoms with Gasteiger partial charge in [0.05, 0.1) is 22.0 Å². The van der Waals surface area contributed by atoms with Crippen LogP contribution in [-0.2, 0) is 21.2 Å². The van der Waals surface area contributed by atoms with Crippen LogP contribution in [0.2, 0.25) is 0 Å². The van der Waals surface area contributed by atoms with Gasteiger partial charge in [-0.15, -0.1) is 16.2 Å². The summed E-state index contributed by atoms with van der Waals surface area (Å²) in [6.45, 7) is 6.01. The maximum absolute atomic E-state index is 12.2. The van der Waals surface area contributed by atoms with Gasteiger partial charge >= 0.3 is 0 Å². The van der Waals surface area contributed by atoms with Gasteiger partial charge in [-0.1, -0.05) is 26.0 Å². The highest BCUT2D eigenvalue weighted by molar-refractivity contribution is 7.89. The summed E-state index contributed by atoms with van der Waals surface area (Å²) in [5, 5.41) is 2.64. The van der Waals surface area contributed by atoms with Gasteiger partial charge in [0.15, 0.2) is 0 Å². The van der Waals surface area contributed by atoms with Crippen LogP contribution >= 0.6 is 11.3 Å². The molecule has 130 valence electrons. The van der Waals surface area contributed by atoms with Crippen LogP contribution in [0.25, 0.3) is 0 Å². The molecule has 1 amide bonds. The number of aromatic nitrogens is 1. The molecule has 1 aromatic heterocycles. The van der Waals surface area contributed by atoms with Crippen LogP contribution in [0.3, 0.4) is 0 Å². The van der Waals surface area contributed by atoms with Crippen LogP contribution in [0.1, 0.15) is 42.5 Å². The van der Waals surface area contributed by atoms with E-state index in [0.29, 0.717) is 11.6 Å². The van der Waals surface area contributed by atoms with Crippen molar-refractivity contribution in [2.75, 3.05) is 0 Å². The third-order valence-corrected chi connectivity index (χ3v) is 5.79. The Morgan fingerprint density at radius 1 is 1.29 bits per heavy atom. The van der Waals surface area contributed by atoms with Crippen LogP contribution < -0.4 is 10.3 Å². The van der Waals surface area contributed by atoms with Gasteiger partial charge in [-0.3, -0.25) is 10.2 Å². The van der Waals surface area contributed by atoms with Crippen LogP contribution in [0.15, 0.2) is 34.5 Å².